The number of anilines is 1. The first-order chi connectivity index (χ1) is 16.3. The van der Waals surface area contributed by atoms with Gasteiger partial charge in [0.15, 0.2) is 0 Å². The highest BCUT2D eigenvalue weighted by Gasteiger charge is 2.13. The maximum Gasteiger partial charge on any atom is 0.261 e. The maximum atomic E-state index is 13.1. The highest BCUT2D eigenvalue weighted by molar-refractivity contribution is 8.02. The highest BCUT2D eigenvalue weighted by atomic mass is 32.2. The van der Waals surface area contributed by atoms with Gasteiger partial charge in [0.25, 0.3) is 5.91 Å². The summed E-state index contributed by atoms with van der Waals surface area (Å²) >= 11 is 4.28. The Morgan fingerprint density at radius 2 is 1.59 bits per heavy atom. The lowest BCUT2D eigenvalue weighted by atomic mass is 9.87. The van der Waals surface area contributed by atoms with Crippen LogP contribution in [0.5, 0.6) is 0 Å². The van der Waals surface area contributed by atoms with E-state index in [2.05, 4.69) is 47.3 Å². The molecule has 4 aromatic rings. The lowest BCUT2D eigenvalue weighted by Gasteiger charge is -2.19. The van der Waals surface area contributed by atoms with E-state index in [0.29, 0.717) is 5.56 Å². The number of hydrogen-bond acceptors (Lipinski definition) is 6. The molecule has 3 aromatic carbocycles. The Morgan fingerprint density at radius 1 is 0.912 bits per heavy atom. The predicted molar refractivity (Wildman–Crippen MR) is 142 cm³/mol. The zero-order valence-electron chi connectivity index (χ0n) is 19.0. The first kappa shape index (κ1) is 24.3. The van der Waals surface area contributed by atoms with Crippen molar-refractivity contribution < 1.29 is 9.18 Å². The molecule has 1 heterocycles. The monoisotopic (exact) mass is 509 g/mol. The number of amides is 1. The third-order valence-corrected chi connectivity index (χ3v) is 7.75. The Morgan fingerprint density at radius 3 is 2.24 bits per heavy atom. The molecule has 0 aliphatic rings. The summed E-state index contributed by atoms with van der Waals surface area (Å²) in [7, 11) is 0. The maximum absolute atomic E-state index is 13.1. The van der Waals surface area contributed by atoms with Gasteiger partial charge in [-0.3, -0.25) is 9.52 Å². The molecule has 0 fully saturated rings. The number of aromatic nitrogens is 1. The van der Waals surface area contributed by atoms with E-state index < -0.39 is 0 Å². The van der Waals surface area contributed by atoms with Crippen molar-refractivity contribution >= 4 is 46.8 Å². The fraction of sp³-hybridized carbons (Fsp3) is 0.154. The van der Waals surface area contributed by atoms with Crippen LogP contribution >= 0.6 is 35.2 Å². The first-order valence-corrected chi connectivity index (χ1v) is 13.1. The van der Waals surface area contributed by atoms with E-state index in [1.807, 2.05) is 24.3 Å². The molecule has 1 amide bonds. The molecule has 0 spiro atoms. The van der Waals surface area contributed by atoms with Gasteiger partial charge in [-0.15, -0.1) is 11.3 Å². The molecule has 0 unspecified atom stereocenters. The molecule has 2 N–H and O–H groups in total. The average Bonchev–Trinajstić information content (AvgIpc) is 3.31. The summed E-state index contributed by atoms with van der Waals surface area (Å²) in [4.78, 5) is 17.9. The summed E-state index contributed by atoms with van der Waals surface area (Å²) in [5, 5.41) is 0.835. The fourth-order valence-corrected chi connectivity index (χ4v) is 5.26. The van der Waals surface area contributed by atoms with Gasteiger partial charge >= 0.3 is 0 Å². The Bertz CT molecular complexity index is 1250. The third-order valence-electron chi connectivity index (χ3n) is 4.97. The quantitative estimate of drug-likeness (QED) is 0.249. The topological polar surface area (TPSA) is 54.0 Å². The van der Waals surface area contributed by atoms with Gasteiger partial charge in [0.1, 0.15) is 15.0 Å². The number of thiazole rings is 1. The van der Waals surface area contributed by atoms with Crippen molar-refractivity contribution in [2.24, 2.45) is 0 Å². The van der Waals surface area contributed by atoms with Crippen LogP contribution in [0.2, 0.25) is 0 Å². The van der Waals surface area contributed by atoms with Crippen molar-refractivity contribution in [1.82, 2.24) is 9.71 Å². The Balaban J connectivity index is 1.28. The summed E-state index contributed by atoms with van der Waals surface area (Å²) in [6, 6.07) is 21.9. The van der Waals surface area contributed by atoms with E-state index in [-0.39, 0.29) is 17.1 Å². The number of halogens is 1. The van der Waals surface area contributed by atoms with E-state index in [1.54, 1.807) is 30.5 Å². The van der Waals surface area contributed by atoms with Gasteiger partial charge in [-0.2, -0.15) is 0 Å². The molecule has 0 aliphatic carbocycles. The second kappa shape index (κ2) is 10.6. The molecule has 174 valence electrons. The van der Waals surface area contributed by atoms with Crippen LogP contribution in [0.25, 0.3) is 10.6 Å². The number of carbonyl (C=O) groups excluding carboxylic acids is 1. The Hall–Kier alpha value is -2.81. The molecule has 0 aliphatic heterocycles. The normalized spacial score (nSPS) is 11.3. The third kappa shape index (κ3) is 6.40. The Labute approximate surface area is 211 Å². The van der Waals surface area contributed by atoms with Gasteiger partial charge < -0.3 is 4.72 Å². The van der Waals surface area contributed by atoms with Gasteiger partial charge in [-0.25, -0.2) is 9.37 Å². The smallest absolute Gasteiger partial charge is 0.261 e. The summed E-state index contributed by atoms with van der Waals surface area (Å²) in [5.74, 6) is -0.405. The van der Waals surface area contributed by atoms with Gasteiger partial charge in [-0.05, 0) is 95.5 Å². The zero-order valence-corrected chi connectivity index (χ0v) is 21.4. The molecule has 0 radical (unpaired) electrons. The van der Waals surface area contributed by atoms with Gasteiger partial charge in [-0.1, -0.05) is 32.9 Å². The van der Waals surface area contributed by atoms with Gasteiger partial charge in [0, 0.05) is 21.7 Å². The van der Waals surface area contributed by atoms with Crippen LogP contribution in [0.4, 0.5) is 10.1 Å². The minimum absolute atomic E-state index is 0.103. The predicted octanol–water partition coefficient (Wildman–Crippen LogP) is 7.80. The van der Waals surface area contributed by atoms with Crippen LogP contribution in [0, 0.1) is 5.82 Å². The van der Waals surface area contributed by atoms with Crippen molar-refractivity contribution in [3.05, 3.63) is 95.9 Å². The number of nitrogens with zero attached hydrogens (tertiary/aromatic N) is 1. The molecule has 1 aromatic heterocycles. The largest absolute Gasteiger partial charge is 0.325 e. The summed E-state index contributed by atoms with van der Waals surface area (Å²) in [5.41, 5.74) is 3.71. The number of nitrogens with one attached hydrogen (secondary N) is 2. The SMILES string of the molecule is CC(C)(C)c1ccc(SNC(=O)c2ccc(NSc3cnc(-c4ccc(F)cc4)s3)cc2)cc1. The van der Waals surface area contributed by atoms with E-state index >= 15 is 0 Å². The molecular formula is C26H24FN3OS3. The van der Waals surface area contributed by atoms with E-state index in [0.717, 1.165) is 25.4 Å². The number of benzene rings is 3. The van der Waals surface area contributed by atoms with Crippen LogP contribution in [0.3, 0.4) is 0 Å². The lowest BCUT2D eigenvalue weighted by Crippen LogP contribution is -2.15. The Kier molecular flexibility index (Phi) is 7.60. The number of rotatable bonds is 7. The molecule has 4 nitrogen and oxygen atoms in total. The first-order valence-electron chi connectivity index (χ1n) is 10.6. The van der Waals surface area contributed by atoms with Crippen molar-refractivity contribution in [2.75, 3.05) is 4.72 Å². The van der Waals surface area contributed by atoms with Crippen LogP contribution < -0.4 is 9.44 Å². The van der Waals surface area contributed by atoms with E-state index in [9.17, 15) is 9.18 Å². The molecule has 34 heavy (non-hydrogen) atoms. The molecule has 0 atom stereocenters. The van der Waals surface area contributed by atoms with Crippen molar-refractivity contribution in [3.63, 3.8) is 0 Å². The molecular weight excluding hydrogens is 486 g/mol. The molecule has 0 saturated heterocycles. The second-order valence-corrected chi connectivity index (χ2v) is 11.6. The minimum atomic E-state index is -0.262. The van der Waals surface area contributed by atoms with Crippen LogP contribution in [-0.2, 0) is 5.41 Å². The van der Waals surface area contributed by atoms with Gasteiger partial charge in [0.2, 0.25) is 0 Å². The minimum Gasteiger partial charge on any atom is -0.325 e. The van der Waals surface area contributed by atoms with E-state index in [4.69, 9.17) is 0 Å². The number of hydrogen-bond donors (Lipinski definition) is 2. The van der Waals surface area contributed by atoms with E-state index in [1.165, 1.54) is 52.9 Å². The van der Waals surface area contributed by atoms with Gasteiger partial charge in [0.05, 0.1) is 6.20 Å². The van der Waals surface area contributed by atoms with Crippen LogP contribution in [0.15, 0.2) is 88.1 Å². The van der Waals surface area contributed by atoms with Crippen LogP contribution in [-0.4, -0.2) is 10.9 Å². The van der Waals surface area contributed by atoms with Crippen molar-refractivity contribution in [1.29, 1.82) is 0 Å². The fourth-order valence-electron chi connectivity index (χ4n) is 3.02. The zero-order chi connectivity index (χ0) is 24.1. The molecule has 0 bridgehead atoms. The second-order valence-electron chi connectivity index (χ2n) is 8.58. The molecule has 0 saturated carbocycles. The summed E-state index contributed by atoms with van der Waals surface area (Å²) < 4.78 is 20.2. The van der Waals surface area contributed by atoms with Crippen LogP contribution in [0.1, 0.15) is 36.7 Å². The van der Waals surface area contributed by atoms with Crippen molar-refractivity contribution in [3.8, 4) is 10.6 Å². The standard InChI is InChI=1S/C26H24FN3OS3/c1-26(2,3)19-8-14-22(15-9-19)33-30-24(31)17-6-12-21(13-7-17)29-34-23-16-28-25(32-23)18-4-10-20(27)11-5-18/h4-16,29H,1-3H3,(H,30,31). The number of carbonyl (C=O) groups is 1. The lowest BCUT2D eigenvalue weighted by molar-refractivity contribution is 0.0984. The summed E-state index contributed by atoms with van der Waals surface area (Å²) in [6.07, 6.45) is 1.79. The molecule has 4 rings (SSSR count). The average molecular weight is 510 g/mol. The highest BCUT2D eigenvalue weighted by Crippen LogP contribution is 2.32. The van der Waals surface area contributed by atoms with Crippen molar-refractivity contribution in [2.45, 2.75) is 35.3 Å². The summed E-state index contributed by atoms with van der Waals surface area (Å²) in [6.45, 7) is 6.53. The molecule has 8 heteroatoms.